The molecule has 0 bridgehead atoms. The molecule has 2 aliphatic rings. The Morgan fingerprint density at radius 1 is 1.18 bits per heavy atom. The van der Waals surface area contributed by atoms with Crippen molar-refractivity contribution in [3.05, 3.63) is 24.2 Å². The van der Waals surface area contributed by atoms with Crippen LogP contribution in [0, 0.1) is 5.92 Å². The van der Waals surface area contributed by atoms with E-state index in [0.717, 1.165) is 31.7 Å². The average Bonchev–Trinajstić information content (AvgIpc) is 3.33. The van der Waals surface area contributed by atoms with Crippen LogP contribution >= 0.6 is 0 Å². The van der Waals surface area contributed by atoms with Crippen LogP contribution in [0.4, 0.5) is 4.79 Å². The second kappa shape index (κ2) is 8.99. The zero-order chi connectivity index (χ0) is 20.1. The van der Waals surface area contributed by atoms with Gasteiger partial charge in [-0.15, -0.1) is 0 Å². The van der Waals surface area contributed by atoms with Gasteiger partial charge in [-0.25, -0.2) is 4.79 Å². The van der Waals surface area contributed by atoms with E-state index in [4.69, 9.17) is 4.42 Å². The number of nitrogens with one attached hydrogen (secondary N) is 2. The monoisotopic (exact) mass is 390 g/mol. The Balaban J connectivity index is 1.58. The Labute approximate surface area is 167 Å². The molecular formula is C21H34N4O3. The summed E-state index contributed by atoms with van der Waals surface area (Å²) in [5, 5.41) is 6.08. The third-order valence-corrected chi connectivity index (χ3v) is 5.61. The number of hydrogen-bond acceptors (Lipinski definition) is 4. The number of rotatable bonds is 5. The normalized spacial score (nSPS) is 20.2. The van der Waals surface area contributed by atoms with Gasteiger partial charge < -0.3 is 20.0 Å². The maximum atomic E-state index is 13.0. The van der Waals surface area contributed by atoms with E-state index in [-0.39, 0.29) is 23.5 Å². The first-order chi connectivity index (χ1) is 13.3. The number of urea groups is 1. The zero-order valence-electron chi connectivity index (χ0n) is 17.4. The standard InChI is InChI=1S/C21H34N4O3/c1-21(2,3)23-20(27)25-12-10-24(11-13-25)18(16-7-4-5-8-16)19(26)22-15-17-9-6-14-28-17/h6,9,14,16,18H,4-5,7-8,10-13,15H2,1-3H3,(H,22,26)(H,23,27). The number of carbonyl (C=O) groups is 2. The predicted octanol–water partition coefficient (Wildman–Crippen LogP) is 2.58. The molecular weight excluding hydrogens is 356 g/mol. The van der Waals surface area contributed by atoms with Crippen molar-refractivity contribution in [1.29, 1.82) is 0 Å². The lowest BCUT2D eigenvalue weighted by molar-refractivity contribution is -0.129. The maximum absolute atomic E-state index is 13.0. The van der Waals surface area contributed by atoms with Gasteiger partial charge in [-0.3, -0.25) is 9.69 Å². The lowest BCUT2D eigenvalue weighted by atomic mass is 9.95. The molecule has 2 heterocycles. The summed E-state index contributed by atoms with van der Waals surface area (Å²) < 4.78 is 5.34. The van der Waals surface area contributed by atoms with Crippen LogP contribution in [0.25, 0.3) is 0 Å². The molecule has 1 atom stereocenters. The van der Waals surface area contributed by atoms with Crippen molar-refractivity contribution >= 4 is 11.9 Å². The molecule has 2 N–H and O–H groups in total. The van der Waals surface area contributed by atoms with E-state index < -0.39 is 0 Å². The lowest BCUT2D eigenvalue weighted by Gasteiger charge is -2.41. The summed E-state index contributed by atoms with van der Waals surface area (Å²) in [7, 11) is 0. The van der Waals surface area contributed by atoms with Crippen molar-refractivity contribution in [1.82, 2.24) is 20.4 Å². The Kier molecular flexibility index (Phi) is 6.65. The molecule has 0 aromatic carbocycles. The Morgan fingerprint density at radius 2 is 1.86 bits per heavy atom. The van der Waals surface area contributed by atoms with Crippen molar-refractivity contribution < 1.29 is 14.0 Å². The fraction of sp³-hybridized carbons (Fsp3) is 0.714. The van der Waals surface area contributed by atoms with Crippen LogP contribution in [0.15, 0.2) is 22.8 Å². The van der Waals surface area contributed by atoms with Crippen molar-refractivity contribution in [3.63, 3.8) is 0 Å². The SMILES string of the molecule is CC(C)(C)NC(=O)N1CCN(C(C(=O)NCc2ccco2)C2CCCC2)CC1. The lowest BCUT2D eigenvalue weighted by Crippen LogP contribution is -2.60. The first-order valence-corrected chi connectivity index (χ1v) is 10.4. The molecule has 3 rings (SSSR count). The molecule has 7 heteroatoms. The molecule has 28 heavy (non-hydrogen) atoms. The van der Waals surface area contributed by atoms with Gasteiger partial charge in [-0.1, -0.05) is 12.8 Å². The molecule has 1 aliphatic carbocycles. The number of amides is 3. The zero-order valence-corrected chi connectivity index (χ0v) is 17.4. The fourth-order valence-corrected chi connectivity index (χ4v) is 4.25. The molecule has 0 radical (unpaired) electrons. The number of nitrogens with zero attached hydrogens (tertiary/aromatic N) is 2. The maximum Gasteiger partial charge on any atom is 0.317 e. The van der Waals surface area contributed by atoms with Gasteiger partial charge in [0.25, 0.3) is 0 Å². The second-order valence-corrected chi connectivity index (χ2v) is 8.99. The van der Waals surface area contributed by atoms with Crippen molar-refractivity contribution in [2.24, 2.45) is 5.92 Å². The van der Waals surface area contributed by atoms with Gasteiger partial charge in [-0.05, 0) is 51.7 Å². The van der Waals surface area contributed by atoms with E-state index in [2.05, 4.69) is 15.5 Å². The van der Waals surface area contributed by atoms with E-state index >= 15 is 0 Å². The van der Waals surface area contributed by atoms with Gasteiger partial charge in [0, 0.05) is 31.7 Å². The summed E-state index contributed by atoms with van der Waals surface area (Å²) in [4.78, 5) is 29.6. The highest BCUT2D eigenvalue weighted by molar-refractivity contribution is 5.82. The molecule has 0 spiro atoms. The predicted molar refractivity (Wildman–Crippen MR) is 108 cm³/mol. The highest BCUT2D eigenvalue weighted by Crippen LogP contribution is 2.31. The van der Waals surface area contributed by atoms with E-state index in [1.54, 1.807) is 6.26 Å². The van der Waals surface area contributed by atoms with Gasteiger partial charge in [0.2, 0.25) is 5.91 Å². The van der Waals surface area contributed by atoms with Crippen LogP contribution in [0.2, 0.25) is 0 Å². The topological polar surface area (TPSA) is 77.8 Å². The van der Waals surface area contributed by atoms with Gasteiger partial charge in [0.05, 0.1) is 18.8 Å². The van der Waals surface area contributed by atoms with Gasteiger partial charge in [0.1, 0.15) is 5.76 Å². The summed E-state index contributed by atoms with van der Waals surface area (Å²) in [5.74, 6) is 1.24. The summed E-state index contributed by atoms with van der Waals surface area (Å²) in [6.45, 7) is 9.14. The van der Waals surface area contributed by atoms with Crippen LogP contribution in [-0.4, -0.2) is 59.5 Å². The molecule has 2 fully saturated rings. The molecule has 1 saturated carbocycles. The Bertz CT molecular complexity index is 639. The summed E-state index contributed by atoms with van der Waals surface area (Å²) in [6, 6.07) is 3.56. The van der Waals surface area contributed by atoms with Gasteiger partial charge in [-0.2, -0.15) is 0 Å². The minimum absolute atomic E-state index is 0.0214. The Hall–Kier alpha value is -2.02. The molecule has 7 nitrogen and oxygen atoms in total. The van der Waals surface area contributed by atoms with E-state index in [1.807, 2.05) is 37.8 Å². The van der Waals surface area contributed by atoms with E-state index in [9.17, 15) is 9.59 Å². The van der Waals surface area contributed by atoms with Crippen molar-refractivity contribution in [2.75, 3.05) is 26.2 Å². The van der Waals surface area contributed by atoms with Crippen LogP contribution in [-0.2, 0) is 11.3 Å². The minimum atomic E-state index is -0.244. The highest BCUT2D eigenvalue weighted by atomic mass is 16.3. The first-order valence-electron chi connectivity index (χ1n) is 10.4. The fourth-order valence-electron chi connectivity index (χ4n) is 4.25. The molecule has 1 aliphatic heterocycles. The van der Waals surface area contributed by atoms with E-state index in [1.165, 1.54) is 12.8 Å². The van der Waals surface area contributed by atoms with E-state index in [0.29, 0.717) is 25.6 Å². The summed E-state index contributed by atoms with van der Waals surface area (Å²) in [5.41, 5.74) is -0.244. The molecule has 1 saturated heterocycles. The molecule has 156 valence electrons. The molecule has 1 aromatic rings. The van der Waals surface area contributed by atoms with Crippen LogP contribution in [0.1, 0.15) is 52.2 Å². The quantitative estimate of drug-likeness (QED) is 0.810. The molecule has 1 unspecified atom stereocenters. The summed E-state index contributed by atoms with van der Waals surface area (Å²) in [6.07, 6.45) is 6.21. The van der Waals surface area contributed by atoms with Crippen LogP contribution in [0.5, 0.6) is 0 Å². The Morgan fingerprint density at radius 3 is 2.43 bits per heavy atom. The number of carbonyl (C=O) groups excluding carboxylic acids is 2. The number of furan rings is 1. The first kappa shape index (κ1) is 20.7. The van der Waals surface area contributed by atoms with Gasteiger partial charge >= 0.3 is 6.03 Å². The average molecular weight is 391 g/mol. The van der Waals surface area contributed by atoms with Crippen LogP contribution < -0.4 is 10.6 Å². The summed E-state index contributed by atoms with van der Waals surface area (Å²) >= 11 is 0. The second-order valence-electron chi connectivity index (χ2n) is 8.99. The highest BCUT2D eigenvalue weighted by Gasteiger charge is 2.37. The molecule has 3 amide bonds. The third kappa shape index (κ3) is 5.50. The van der Waals surface area contributed by atoms with Gasteiger partial charge in [0.15, 0.2) is 0 Å². The number of piperazine rings is 1. The van der Waals surface area contributed by atoms with Crippen molar-refractivity contribution in [3.8, 4) is 0 Å². The molecule has 1 aromatic heterocycles. The van der Waals surface area contributed by atoms with Crippen LogP contribution in [0.3, 0.4) is 0 Å². The third-order valence-electron chi connectivity index (χ3n) is 5.61. The number of hydrogen-bond donors (Lipinski definition) is 2. The minimum Gasteiger partial charge on any atom is -0.467 e. The van der Waals surface area contributed by atoms with Crippen molar-refractivity contribution in [2.45, 2.75) is 64.6 Å². The largest absolute Gasteiger partial charge is 0.467 e. The smallest absolute Gasteiger partial charge is 0.317 e.